The average molecular weight is 675 g/mol. The van der Waals surface area contributed by atoms with Gasteiger partial charge in [0.1, 0.15) is 19.1 Å². The third-order valence-corrected chi connectivity index (χ3v) is 7.04. The van der Waals surface area contributed by atoms with Gasteiger partial charge in [0.05, 0.1) is 18.9 Å². The van der Waals surface area contributed by atoms with Gasteiger partial charge in [-0.3, -0.25) is 19.3 Å². The number of methoxy groups -OCH3 is 1. The molecule has 1 aliphatic heterocycles. The highest BCUT2D eigenvalue weighted by atomic mass is 16.7. The van der Waals surface area contributed by atoms with Crippen LogP contribution in [0.15, 0.2) is 48.5 Å². The Labute approximate surface area is 278 Å². The van der Waals surface area contributed by atoms with Crippen molar-refractivity contribution in [2.75, 3.05) is 26.1 Å². The lowest BCUT2D eigenvalue weighted by molar-refractivity contribution is -0.282. The van der Waals surface area contributed by atoms with Crippen LogP contribution in [0.3, 0.4) is 0 Å². The van der Waals surface area contributed by atoms with Crippen LogP contribution in [0.4, 0.5) is 10.5 Å². The fraction of sp³-hybridized carbons (Fsp3) is 0.485. The van der Waals surface area contributed by atoms with Crippen LogP contribution in [-0.4, -0.2) is 92.1 Å². The van der Waals surface area contributed by atoms with E-state index in [0.29, 0.717) is 18.5 Å². The topological polar surface area (TPSA) is 188 Å². The van der Waals surface area contributed by atoms with Crippen LogP contribution < -0.4 is 10.5 Å². The largest absolute Gasteiger partial charge is 0.467 e. The van der Waals surface area contributed by atoms with Crippen LogP contribution in [-0.2, 0) is 65.4 Å². The number of carbonyl (C=O) groups is 5. The van der Waals surface area contributed by atoms with Crippen molar-refractivity contribution in [3.05, 3.63) is 59.7 Å². The summed E-state index contributed by atoms with van der Waals surface area (Å²) in [6.45, 7) is 7.25. The van der Waals surface area contributed by atoms with Gasteiger partial charge >= 0.3 is 30.0 Å². The van der Waals surface area contributed by atoms with Crippen molar-refractivity contribution < 1.29 is 61.9 Å². The second-order valence-corrected chi connectivity index (χ2v) is 10.9. The fourth-order valence-corrected chi connectivity index (χ4v) is 4.83. The molecule has 2 N–H and O–H groups in total. The lowest BCUT2D eigenvalue weighted by Crippen LogP contribution is -2.64. The second kappa shape index (κ2) is 17.9. The van der Waals surface area contributed by atoms with E-state index >= 15 is 0 Å². The summed E-state index contributed by atoms with van der Waals surface area (Å²) in [7, 11) is 1.08. The number of benzene rings is 2. The second-order valence-electron chi connectivity index (χ2n) is 10.9. The first-order valence-corrected chi connectivity index (χ1v) is 15.2. The minimum Gasteiger partial charge on any atom is -0.467 e. The first-order valence-electron chi connectivity index (χ1n) is 15.2. The van der Waals surface area contributed by atoms with Gasteiger partial charge in [-0.1, -0.05) is 36.4 Å². The highest BCUT2D eigenvalue weighted by molar-refractivity contribution is 5.77. The number of nitrogens with two attached hydrogens (primary N) is 1. The molecule has 2 aromatic carbocycles. The van der Waals surface area contributed by atoms with Gasteiger partial charge in [0.15, 0.2) is 18.3 Å². The van der Waals surface area contributed by atoms with Gasteiger partial charge in [0.2, 0.25) is 12.4 Å². The number of ether oxygens (including phenoxy) is 8. The molecular formula is C33H42N2O13. The molecule has 0 spiro atoms. The summed E-state index contributed by atoms with van der Waals surface area (Å²) in [5, 5.41) is 0. The maximum absolute atomic E-state index is 12.8. The molecule has 1 saturated heterocycles. The van der Waals surface area contributed by atoms with Crippen LogP contribution in [0.2, 0.25) is 0 Å². The van der Waals surface area contributed by atoms with E-state index in [-0.39, 0.29) is 30.9 Å². The number of amides is 1. The van der Waals surface area contributed by atoms with E-state index < -0.39 is 60.7 Å². The lowest BCUT2D eigenvalue weighted by atomic mass is 9.97. The molecule has 0 aliphatic carbocycles. The number of nitrogens with zero attached hydrogens (tertiary/aromatic N) is 1. The van der Waals surface area contributed by atoms with E-state index in [2.05, 4.69) is 0 Å². The molecule has 1 fully saturated rings. The fourth-order valence-electron chi connectivity index (χ4n) is 4.83. The van der Waals surface area contributed by atoms with Gasteiger partial charge in [0.25, 0.3) is 0 Å². The van der Waals surface area contributed by atoms with Crippen molar-refractivity contribution in [1.82, 2.24) is 4.90 Å². The van der Waals surface area contributed by atoms with Crippen molar-refractivity contribution in [2.45, 2.75) is 84.5 Å². The first-order chi connectivity index (χ1) is 22.8. The molecule has 1 unspecified atom stereocenters. The summed E-state index contributed by atoms with van der Waals surface area (Å²) in [4.78, 5) is 62.8. The zero-order valence-electron chi connectivity index (χ0n) is 27.7. The third-order valence-electron chi connectivity index (χ3n) is 7.04. The van der Waals surface area contributed by atoms with Crippen LogP contribution in [0.1, 0.15) is 45.7 Å². The van der Waals surface area contributed by atoms with E-state index in [0.717, 1.165) is 33.4 Å². The maximum Gasteiger partial charge on any atom is 0.411 e. The molecule has 3 rings (SSSR count). The molecule has 15 heteroatoms. The summed E-state index contributed by atoms with van der Waals surface area (Å²) in [5.41, 5.74) is 7.95. The summed E-state index contributed by atoms with van der Waals surface area (Å²) >= 11 is 0. The molecule has 15 nitrogen and oxygen atoms in total. The van der Waals surface area contributed by atoms with E-state index in [1.54, 1.807) is 13.0 Å². The summed E-state index contributed by atoms with van der Waals surface area (Å²) in [6, 6.07) is 14.4. The van der Waals surface area contributed by atoms with Crippen molar-refractivity contribution >= 4 is 35.7 Å². The van der Waals surface area contributed by atoms with E-state index in [1.807, 2.05) is 37.3 Å². The highest BCUT2D eigenvalue weighted by Gasteiger charge is 2.56. The zero-order chi connectivity index (χ0) is 35.4. The quantitative estimate of drug-likeness (QED) is 0.133. The highest BCUT2D eigenvalue weighted by Crippen LogP contribution is 2.33. The molecule has 0 saturated carbocycles. The molecule has 48 heavy (non-hydrogen) atoms. The van der Waals surface area contributed by atoms with Crippen LogP contribution >= 0.6 is 0 Å². The molecule has 1 aliphatic rings. The Bertz CT molecular complexity index is 1420. The first kappa shape index (κ1) is 37.6. The van der Waals surface area contributed by atoms with Crippen LogP contribution in [0.25, 0.3) is 0 Å². The predicted octanol–water partition coefficient (Wildman–Crippen LogP) is 2.90. The minimum absolute atomic E-state index is 0.0272. The van der Waals surface area contributed by atoms with Gasteiger partial charge < -0.3 is 43.6 Å². The average Bonchev–Trinajstić information content (AvgIpc) is 3.03. The van der Waals surface area contributed by atoms with Crippen LogP contribution in [0.5, 0.6) is 5.75 Å². The summed E-state index contributed by atoms with van der Waals surface area (Å²) in [5.74, 6) is -3.42. The van der Waals surface area contributed by atoms with E-state index in [9.17, 15) is 24.0 Å². The number of hydrogen-bond acceptors (Lipinski definition) is 14. The SMILES string of the molecule is CCN(COC(C)Cc1ccccc1)C(=O)OCc1ccc(O[C@@H]2O[C@H](C(=O)OC)[C@@H](OC(C)=O)[C@H](OC(C)=O)[C@H]2OC(C)=O)c(N)c1. The Morgan fingerprint density at radius 3 is 2.08 bits per heavy atom. The number of carbonyl (C=O) groups excluding carboxylic acids is 5. The Morgan fingerprint density at radius 1 is 0.875 bits per heavy atom. The molecule has 1 heterocycles. The molecule has 2 aromatic rings. The van der Waals surface area contributed by atoms with Crippen molar-refractivity contribution in [3.63, 3.8) is 0 Å². The third kappa shape index (κ3) is 10.8. The van der Waals surface area contributed by atoms with Gasteiger partial charge in [-0.2, -0.15) is 0 Å². The monoisotopic (exact) mass is 674 g/mol. The standard InChI is InChI=1S/C33H42N2O13/c1-7-35(18-43-19(2)15-23-11-9-8-10-12-23)33(40)42-17-24-13-14-26(25(34)16-24)47-32-30(46-22(5)38)28(45-21(4)37)27(44-20(3)36)29(48-32)31(39)41-6/h8-14,16,19,27-30,32H,7,15,17-18,34H2,1-6H3/t19?,27-,28-,29-,30+,32+/m0/s1. The molecule has 1 amide bonds. The lowest BCUT2D eigenvalue weighted by Gasteiger charge is -2.43. The normalized spacial score (nSPS) is 20.8. The molecule has 262 valence electrons. The Kier molecular flexibility index (Phi) is 14.0. The Balaban J connectivity index is 1.71. The molecule has 0 bridgehead atoms. The van der Waals surface area contributed by atoms with Gasteiger partial charge in [0, 0.05) is 27.3 Å². The smallest absolute Gasteiger partial charge is 0.411 e. The molecule has 6 atom stereocenters. The molecule has 0 radical (unpaired) electrons. The van der Waals surface area contributed by atoms with Crippen molar-refractivity contribution in [3.8, 4) is 5.75 Å². The number of anilines is 1. The van der Waals surface area contributed by atoms with Gasteiger partial charge in [-0.25, -0.2) is 9.59 Å². The number of nitrogen functional groups attached to an aromatic ring is 1. The summed E-state index contributed by atoms with van der Waals surface area (Å²) in [6.07, 6.45) is -7.81. The summed E-state index contributed by atoms with van der Waals surface area (Å²) < 4.78 is 43.8. The molecule has 0 aromatic heterocycles. The minimum atomic E-state index is -1.63. The number of hydrogen-bond donors (Lipinski definition) is 1. The van der Waals surface area contributed by atoms with E-state index in [1.165, 1.54) is 17.0 Å². The maximum atomic E-state index is 12.8. The Hall–Kier alpha value is -4.89. The number of rotatable bonds is 14. The van der Waals surface area contributed by atoms with Crippen molar-refractivity contribution in [1.29, 1.82) is 0 Å². The Morgan fingerprint density at radius 2 is 1.50 bits per heavy atom. The zero-order valence-corrected chi connectivity index (χ0v) is 27.7. The van der Waals surface area contributed by atoms with Crippen LogP contribution in [0, 0.1) is 0 Å². The van der Waals surface area contributed by atoms with Crippen molar-refractivity contribution in [2.24, 2.45) is 0 Å². The molecular weight excluding hydrogens is 632 g/mol. The van der Waals surface area contributed by atoms with Gasteiger partial charge in [-0.05, 0) is 43.5 Å². The predicted molar refractivity (Wildman–Crippen MR) is 167 cm³/mol. The van der Waals surface area contributed by atoms with E-state index in [4.69, 9.17) is 43.6 Å². The van der Waals surface area contributed by atoms with Gasteiger partial charge in [-0.15, -0.1) is 0 Å². The number of esters is 4.